The van der Waals surface area contributed by atoms with Gasteiger partial charge in [-0.2, -0.15) is 0 Å². The van der Waals surface area contributed by atoms with Crippen LogP contribution in [0.4, 0.5) is 10.8 Å². The summed E-state index contributed by atoms with van der Waals surface area (Å²) < 4.78 is 0.726. The first-order chi connectivity index (χ1) is 16.5. The van der Waals surface area contributed by atoms with Crippen molar-refractivity contribution < 1.29 is 14.4 Å². The van der Waals surface area contributed by atoms with Gasteiger partial charge in [0.1, 0.15) is 0 Å². The Kier molecular flexibility index (Phi) is 6.47. The van der Waals surface area contributed by atoms with E-state index in [-0.39, 0.29) is 17.5 Å². The van der Waals surface area contributed by atoms with Crippen LogP contribution in [0, 0.1) is 0 Å². The van der Waals surface area contributed by atoms with Gasteiger partial charge in [-0.05, 0) is 38.0 Å². The number of nitrogens with one attached hydrogen (secondary N) is 2. The highest BCUT2D eigenvalue weighted by Gasteiger charge is 2.29. The summed E-state index contributed by atoms with van der Waals surface area (Å²) >= 11 is 2.80. The Morgan fingerprint density at radius 2 is 1.65 bits per heavy atom. The maximum Gasteiger partial charge on any atom is 0.237 e. The molecule has 0 unspecified atom stereocenters. The van der Waals surface area contributed by atoms with Gasteiger partial charge < -0.3 is 10.6 Å². The lowest BCUT2D eigenvalue weighted by Gasteiger charge is -2.21. The van der Waals surface area contributed by atoms with Crippen molar-refractivity contribution in [2.45, 2.75) is 54.7 Å². The Hall–Kier alpha value is -3.04. The van der Waals surface area contributed by atoms with E-state index in [2.05, 4.69) is 20.8 Å². The van der Waals surface area contributed by atoms with Crippen molar-refractivity contribution in [3.8, 4) is 0 Å². The van der Waals surface area contributed by atoms with Gasteiger partial charge in [-0.3, -0.25) is 14.4 Å². The Bertz CT molecular complexity index is 1270. The lowest BCUT2D eigenvalue weighted by atomic mass is 9.84. The van der Waals surface area contributed by atoms with Crippen molar-refractivity contribution in [1.82, 2.24) is 10.2 Å². The molecule has 174 valence electrons. The summed E-state index contributed by atoms with van der Waals surface area (Å²) in [7, 11) is 0. The molecule has 0 radical (unpaired) electrons. The average molecular weight is 493 g/mol. The van der Waals surface area contributed by atoms with E-state index in [0.717, 1.165) is 22.3 Å². The van der Waals surface area contributed by atoms with Gasteiger partial charge in [0.15, 0.2) is 15.9 Å². The number of hydrogen-bond acceptors (Lipinski definition) is 8. The average Bonchev–Trinajstić information content (AvgIpc) is 3.29. The number of thioether (sulfide) groups is 1. The van der Waals surface area contributed by atoms with E-state index in [1.807, 2.05) is 0 Å². The van der Waals surface area contributed by atoms with Crippen molar-refractivity contribution in [3.05, 3.63) is 64.7 Å². The number of aromatic nitrogens is 2. The van der Waals surface area contributed by atoms with Crippen LogP contribution in [0.1, 0.15) is 70.9 Å². The minimum atomic E-state index is -0.412. The van der Waals surface area contributed by atoms with Gasteiger partial charge >= 0.3 is 0 Å². The van der Waals surface area contributed by atoms with Crippen LogP contribution >= 0.6 is 23.1 Å². The molecule has 2 aliphatic rings. The molecule has 0 bridgehead atoms. The second-order valence-corrected chi connectivity index (χ2v) is 11.1. The van der Waals surface area contributed by atoms with Gasteiger partial charge in [0, 0.05) is 34.0 Å². The Labute approximate surface area is 205 Å². The van der Waals surface area contributed by atoms with Gasteiger partial charge in [-0.15, -0.1) is 10.2 Å². The molecule has 1 fully saturated rings. The molecular weight excluding hydrogens is 468 g/mol. The molecule has 2 aliphatic carbocycles. The van der Waals surface area contributed by atoms with E-state index in [4.69, 9.17) is 0 Å². The molecule has 0 aliphatic heterocycles. The first kappa shape index (κ1) is 22.7. The number of rotatable bonds is 6. The molecule has 1 aromatic heterocycles. The summed E-state index contributed by atoms with van der Waals surface area (Å²) in [5.41, 5.74) is 1.95. The maximum absolute atomic E-state index is 12.9. The number of anilines is 2. The predicted octanol–water partition coefficient (Wildman–Crippen LogP) is 5.18. The van der Waals surface area contributed by atoms with Crippen LogP contribution in [0.3, 0.4) is 0 Å². The summed E-state index contributed by atoms with van der Waals surface area (Å²) in [6.07, 6.45) is 6.08. The van der Waals surface area contributed by atoms with Crippen molar-refractivity contribution in [3.63, 3.8) is 0 Å². The first-order valence-corrected chi connectivity index (χ1v) is 13.1. The fraction of sp³-hybridized carbons (Fsp3) is 0.320. The van der Waals surface area contributed by atoms with E-state index < -0.39 is 5.25 Å². The van der Waals surface area contributed by atoms with Crippen molar-refractivity contribution in [2.75, 3.05) is 10.6 Å². The summed E-state index contributed by atoms with van der Waals surface area (Å²) in [6, 6.07) is 12.1. The van der Waals surface area contributed by atoms with Gasteiger partial charge in [0.2, 0.25) is 11.0 Å². The lowest BCUT2D eigenvalue weighted by Crippen LogP contribution is -2.24. The number of carbonyl (C=O) groups is 3. The summed E-state index contributed by atoms with van der Waals surface area (Å²) in [5, 5.41) is 15.1. The SMILES string of the molecule is C[C@@H](Sc1nnc(NC2CCCCC2)s1)C(=O)Nc1ccc2c(c1)C(=O)c1ccccc1C2=O. The van der Waals surface area contributed by atoms with Crippen LogP contribution in [0.5, 0.6) is 0 Å². The van der Waals surface area contributed by atoms with Gasteiger partial charge in [-0.25, -0.2) is 0 Å². The minimum absolute atomic E-state index is 0.180. The molecule has 5 rings (SSSR count). The largest absolute Gasteiger partial charge is 0.357 e. The van der Waals surface area contributed by atoms with Gasteiger partial charge in [0.25, 0.3) is 0 Å². The summed E-state index contributed by atoms with van der Waals surface area (Å²) in [5.74, 6) is -0.603. The molecule has 9 heteroatoms. The summed E-state index contributed by atoms with van der Waals surface area (Å²) in [4.78, 5) is 38.5. The van der Waals surface area contributed by atoms with Gasteiger partial charge in [0.05, 0.1) is 5.25 Å². The zero-order chi connectivity index (χ0) is 23.7. The molecule has 34 heavy (non-hydrogen) atoms. The standard InChI is InChI=1S/C25H24N4O3S2/c1-14(33-25-29-28-24(34-25)27-15-7-3-2-4-8-15)23(32)26-16-11-12-19-20(13-16)22(31)18-10-6-5-9-17(18)21(19)30/h5-6,9-15H,2-4,7-8H2,1H3,(H,26,32)(H,27,28)/t14-/m1/s1. The van der Waals surface area contributed by atoms with Crippen molar-refractivity contribution in [2.24, 2.45) is 0 Å². The molecule has 1 atom stereocenters. The second-order valence-electron chi connectivity index (χ2n) is 8.57. The van der Waals surface area contributed by atoms with Crippen LogP contribution in [0.25, 0.3) is 0 Å². The fourth-order valence-electron chi connectivity index (χ4n) is 4.36. The Morgan fingerprint density at radius 3 is 2.38 bits per heavy atom. The third-order valence-electron chi connectivity index (χ3n) is 6.18. The van der Waals surface area contributed by atoms with Gasteiger partial charge in [-0.1, -0.05) is 66.6 Å². The number of benzene rings is 2. The number of carbonyl (C=O) groups excluding carboxylic acids is 3. The van der Waals surface area contributed by atoms with Crippen LogP contribution in [-0.4, -0.2) is 39.0 Å². The van der Waals surface area contributed by atoms with Crippen LogP contribution in [-0.2, 0) is 4.79 Å². The highest BCUT2D eigenvalue weighted by atomic mass is 32.2. The Morgan fingerprint density at radius 1 is 0.971 bits per heavy atom. The van der Waals surface area contributed by atoms with E-state index in [1.165, 1.54) is 42.4 Å². The van der Waals surface area contributed by atoms with Crippen LogP contribution in [0.15, 0.2) is 46.8 Å². The zero-order valence-corrected chi connectivity index (χ0v) is 20.3. The normalized spacial score (nSPS) is 16.5. The Balaban J connectivity index is 1.23. The predicted molar refractivity (Wildman–Crippen MR) is 134 cm³/mol. The van der Waals surface area contributed by atoms with Crippen molar-refractivity contribution >= 4 is 51.4 Å². The van der Waals surface area contributed by atoms with E-state index in [9.17, 15) is 14.4 Å². The molecule has 2 aromatic carbocycles. The second kappa shape index (κ2) is 9.68. The molecule has 1 heterocycles. The number of ketones is 2. The monoisotopic (exact) mass is 492 g/mol. The third kappa shape index (κ3) is 4.63. The van der Waals surface area contributed by atoms with E-state index in [0.29, 0.717) is 34.0 Å². The number of fused-ring (bicyclic) bond motifs is 2. The molecule has 0 saturated heterocycles. The molecule has 1 saturated carbocycles. The van der Waals surface area contributed by atoms with Crippen LogP contribution < -0.4 is 10.6 Å². The quantitative estimate of drug-likeness (QED) is 0.358. The minimum Gasteiger partial charge on any atom is -0.357 e. The number of hydrogen-bond donors (Lipinski definition) is 2. The van der Waals surface area contributed by atoms with E-state index >= 15 is 0 Å². The topological polar surface area (TPSA) is 101 Å². The smallest absolute Gasteiger partial charge is 0.237 e. The van der Waals surface area contributed by atoms with Crippen molar-refractivity contribution in [1.29, 1.82) is 0 Å². The molecular formula is C25H24N4O3S2. The molecule has 0 spiro atoms. The molecule has 2 N–H and O–H groups in total. The highest BCUT2D eigenvalue weighted by Crippen LogP contribution is 2.32. The molecule has 3 aromatic rings. The summed E-state index contributed by atoms with van der Waals surface area (Å²) in [6.45, 7) is 1.80. The maximum atomic E-state index is 12.9. The number of nitrogens with zero attached hydrogens (tertiary/aromatic N) is 2. The third-order valence-corrected chi connectivity index (χ3v) is 8.22. The zero-order valence-electron chi connectivity index (χ0n) is 18.7. The lowest BCUT2D eigenvalue weighted by molar-refractivity contribution is -0.115. The molecule has 7 nitrogen and oxygen atoms in total. The fourth-order valence-corrected chi connectivity index (χ4v) is 6.34. The molecule has 1 amide bonds. The number of amides is 1. The first-order valence-electron chi connectivity index (χ1n) is 11.4. The van der Waals surface area contributed by atoms with Crippen LogP contribution in [0.2, 0.25) is 0 Å². The highest BCUT2D eigenvalue weighted by molar-refractivity contribution is 8.02. The van der Waals surface area contributed by atoms with E-state index in [1.54, 1.807) is 49.4 Å².